The predicted octanol–water partition coefficient (Wildman–Crippen LogP) is 4.35. The van der Waals surface area contributed by atoms with E-state index < -0.39 is 0 Å². The van der Waals surface area contributed by atoms with Gasteiger partial charge in [0.2, 0.25) is 0 Å². The third-order valence-corrected chi connectivity index (χ3v) is 3.26. The number of fused-ring (bicyclic) bond motifs is 1. The second-order valence-corrected chi connectivity index (χ2v) is 4.62. The van der Waals surface area contributed by atoms with E-state index in [-0.39, 0.29) is 0 Å². The highest BCUT2D eigenvalue weighted by molar-refractivity contribution is 8.16. The summed E-state index contributed by atoms with van der Waals surface area (Å²) in [6.45, 7) is 0. The van der Waals surface area contributed by atoms with Gasteiger partial charge in [-0.15, -0.1) is 0 Å². The average Bonchev–Trinajstić information content (AvgIpc) is 2.68. The molecular weight excluding hydrogens is 242 g/mol. The lowest BCUT2D eigenvalue weighted by molar-refractivity contribution is 0.573. The largest absolute Gasteiger partial charge is 0.433 e. The maximum Gasteiger partial charge on any atom is 0.260 e. The van der Waals surface area contributed by atoms with Gasteiger partial charge in [0.05, 0.1) is 0 Å². The normalized spacial score (nSPS) is 14.3. The van der Waals surface area contributed by atoms with Crippen molar-refractivity contribution in [3.63, 3.8) is 0 Å². The van der Waals surface area contributed by atoms with Gasteiger partial charge in [0.1, 0.15) is 5.75 Å². The van der Waals surface area contributed by atoms with Crippen molar-refractivity contribution in [3.05, 3.63) is 66.2 Å². The number of benzene rings is 2. The zero-order valence-electron chi connectivity index (χ0n) is 9.61. The van der Waals surface area contributed by atoms with E-state index in [1.54, 1.807) is 6.20 Å². The van der Waals surface area contributed by atoms with Crippen molar-refractivity contribution in [1.82, 2.24) is 0 Å². The first kappa shape index (κ1) is 11.1. The topological polar surface area (TPSA) is 21.6 Å². The first-order valence-electron chi connectivity index (χ1n) is 5.65. The molecule has 0 fully saturated rings. The molecular formula is C15H11NOS. The van der Waals surface area contributed by atoms with Crippen LogP contribution in [0.15, 0.2) is 71.2 Å². The zero-order chi connectivity index (χ0) is 12.2. The fraction of sp³-hybridized carbons (Fsp3) is 0. The summed E-state index contributed by atoms with van der Waals surface area (Å²) in [6.07, 6.45) is 5.55. The number of thioether (sulfide) groups is 1. The van der Waals surface area contributed by atoms with Crippen LogP contribution in [0.4, 0.5) is 0 Å². The molecule has 2 nitrogen and oxygen atoms in total. The molecule has 1 aliphatic heterocycles. The molecule has 2 aromatic rings. The molecule has 3 rings (SSSR count). The van der Waals surface area contributed by atoms with Crippen molar-refractivity contribution in [2.24, 2.45) is 4.99 Å². The van der Waals surface area contributed by atoms with Gasteiger partial charge < -0.3 is 4.74 Å². The van der Waals surface area contributed by atoms with Crippen molar-refractivity contribution in [1.29, 1.82) is 0 Å². The van der Waals surface area contributed by atoms with E-state index in [4.69, 9.17) is 4.74 Å². The number of ether oxygens (including phenoxy) is 1. The highest BCUT2D eigenvalue weighted by atomic mass is 32.2. The third-order valence-electron chi connectivity index (χ3n) is 2.57. The highest BCUT2D eigenvalue weighted by Crippen LogP contribution is 2.27. The average molecular weight is 253 g/mol. The second-order valence-electron chi connectivity index (χ2n) is 3.76. The van der Waals surface area contributed by atoms with Crippen molar-refractivity contribution >= 4 is 27.8 Å². The van der Waals surface area contributed by atoms with E-state index in [9.17, 15) is 0 Å². The molecule has 88 valence electrons. The molecule has 1 heterocycles. The Hall–Kier alpha value is -2.00. The Morgan fingerprint density at radius 1 is 0.944 bits per heavy atom. The van der Waals surface area contributed by atoms with Crippen molar-refractivity contribution in [3.8, 4) is 5.75 Å². The standard InChI is InChI=1S/C15H11NOS/c1-2-8-13-12(6-1)7-5-9-14(13)17-15-16-10-3-4-11-18-15/h1-11H. The zero-order valence-corrected chi connectivity index (χ0v) is 10.4. The quantitative estimate of drug-likeness (QED) is 0.753. The summed E-state index contributed by atoms with van der Waals surface area (Å²) in [5, 5.41) is 4.85. The second kappa shape index (κ2) is 5.10. The van der Waals surface area contributed by atoms with Gasteiger partial charge in [0, 0.05) is 11.6 Å². The minimum Gasteiger partial charge on any atom is -0.433 e. The molecule has 0 bridgehead atoms. The van der Waals surface area contributed by atoms with E-state index in [1.165, 1.54) is 17.1 Å². The molecule has 0 aromatic heterocycles. The third kappa shape index (κ3) is 2.31. The van der Waals surface area contributed by atoms with Crippen molar-refractivity contribution < 1.29 is 4.74 Å². The maximum atomic E-state index is 5.86. The number of nitrogens with zero attached hydrogens (tertiary/aromatic N) is 1. The lowest BCUT2D eigenvalue weighted by Crippen LogP contribution is -2.02. The summed E-state index contributed by atoms with van der Waals surface area (Å²) < 4.78 is 5.86. The molecule has 1 aliphatic rings. The van der Waals surface area contributed by atoms with Crippen LogP contribution in [0.1, 0.15) is 0 Å². The van der Waals surface area contributed by atoms with Gasteiger partial charge in [0.15, 0.2) is 0 Å². The Morgan fingerprint density at radius 3 is 2.83 bits per heavy atom. The van der Waals surface area contributed by atoms with Gasteiger partial charge in [0.25, 0.3) is 5.23 Å². The van der Waals surface area contributed by atoms with Crippen LogP contribution in [0.5, 0.6) is 5.75 Å². The summed E-state index contributed by atoms with van der Waals surface area (Å²) in [6, 6.07) is 14.2. The molecule has 2 aromatic carbocycles. The molecule has 0 unspecified atom stereocenters. The molecule has 0 radical (unpaired) electrons. The molecule has 0 N–H and O–H groups in total. The van der Waals surface area contributed by atoms with Crippen LogP contribution in [0, 0.1) is 0 Å². The number of aliphatic imine (C=N–C) groups is 1. The van der Waals surface area contributed by atoms with Crippen molar-refractivity contribution in [2.75, 3.05) is 0 Å². The lowest BCUT2D eigenvalue weighted by Gasteiger charge is -2.08. The van der Waals surface area contributed by atoms with Gasteiger partial charge in [-0.05, 0) is 34.7 Å². The Labute approximate surface area is 110 Å². The van der Waals surface area contributed by atoms with E-state index in [1.807, 2.05) is 41.8 Å². The SMILES string of the molecule is C1=CN=C(Oc2cccc3ccccc23)SC=C1. The van der Waals surface area contributed by atoms with Crippen LogP contribution in [0.25, 0.3) is 10.8 Å². The van der Waals surface area contributed by atoms with E-state index in [0.717, 1.165) is 11.1 Å². The van der Waals surface area contributed by atoms with E-state index in [0.29, 0.717) is 5.23 Å². The molecule has 0 spiro atoms. The predicted molar refractivity (Wildman–Crippen MR) is 77.9 cm³/mol. The summed E-state index contributed by atoms with van der Waals surface area (Å²) >= 11 is 1.47. The van der Waals surface area contributed by atoms with Crippen LogP contribution in [0.3, 0.4) is 0 Å². The Bertz CT molecular complexity index is 653. The van der Waals surface area contributed by atoms with Crippen molar-refractivity contribution in [2.45, 2.75) is 0 Å². The summed E-state index contributed by atoms with van der Waals surface area (Å²) in [7, 11) is 0. The molecule has 0 saturated heterocycles. The number of rotatable bonds is 1. The lowest BCUT2D eigenvalue weighted by atomic mass is 10.1. The smallest absolute Gasteiger partial charge is 0.260 e. The Kier molecular flexibility index (Phi) is 3.15. The van der Waals surface area contributed by atoms with Gasteiger partial charge >= 0.3 is 0 Å². The highest BCUT2D eigenvalue weighted by Gasteiger charge is 2.06. The number of allylic oxidation sites excluding steroid dienone is 2. The fourth-order valence-electron chi connectivity index (χ4n) is 1.76. The molecule has 0 amide bonds. The van der Waals surface area contributed by atoms with Gasteiger partial charge in [-0.1, -0.05) is 42.5 Å². The molecule has 0 aliphatic carbocycles. The molecule has 0 atom stereocenters. The monoisotopic (exact) mass is 253 g/mol. The van der Waals surface area contributed by atoms with Gasteiger partial charge in [-0.3, -0.25) is 0 Å². The molecule has 18 heavy (non-hydrogen) atoms. The van der Waals surface area contributed by atoms with E-state index in [2.05, 4.69) is 23.2 Å². The maximum absolute atomic E-state index is 5.86. The molecule has 0 saturated carbocycles. The minimum absolute atomic E-state index is 0.636. The molecule has 3 heteroatoms. The first-order valence-corrected chi connectivity index (χ1v) is 6.53. The Balaban J connectivity index is 1.97. The van der Waals surface area contributed by atoms with Crippen LogP contribution in [0.2, 0.25) is 0 Å². The van der Waals surface area contributed by atoms with Crippen LogP contribution in [-0.2, 0) is 0 Å². The summed E-state index contributed by atoms with van der Waals surface area (Å²) in [5.74, 6) is 0.836. The summed E-state index contributed by atoms with van der Waals surface area (Å²) in [5.41, 5.74) is 0. The Morgan fingerprint density at radius 2 is 1.83 bits per heavy atom. The first-order chi connectivity index (χ1) is 8.93. The fourth-order valence-corrected chi connectivity index (χ4v) is 2.30. The van der Waals surface area contributed by atoms with Crippen LogP contribution in [-0.4, -0.2) is 5.23 Å². The summed E-state index contributed by atoms with van der Waals surface area (Å²) in [4.78, 5) is 4.24. The number of hydrogen-bond donors (Lipinski definition) is 0. The van der Waals surface area contributed by atoms with Crippen LogP contribution < -0.4 is 4.74 Å². The van der Waals surface area contributed by atoms with Crippen LogP contribution >= 0.6 is 11.8 Å². The minimum atomic E-state index is 0.636. The van der Waals surface area contributed by atoms with Gasteiger partial charge in [-0.2, -0.15) is 0 Å². The van der Waals surface area contributed by atoms with E-state index >= 15 is 0 Å². The number of hydrogen-bond acceptors (Lipinski definition) is 3. The van der Waals surface area contributed by atoms with Gasteiger partial charge in [-0.25, -0.2) is 4.99 Å².